The van der Waals surface area contributed by atoms with Crippen LogP contribution < -0.4 is 0 Å². The number of nitrogens with zero attached hydrogens (tertiary/aromatic N) is 1. The highest BCUT2D eigenvalue weighted by Gasteiger charge is 2.45. The number of ether oxygens (including phenoxy) is 1. The molecule has 3 rings (SSSR count). The Morgan fingerprint density at radius 2 is 1.53 bits per heavy atom. The van der Waals surface area contributed by atoms with E-state index in [-0.39, 0.29) is 13.0 Å². The zero-order chi connectivity index (χ0) is 23.1. The summed E-state index contributed by atoms with van der Waals surface area (Å²) in [6, 6.07) is 17.7. The Balaban J connectivity index is 1.82. The summed E-state index contributed by atoms with van der Waals surface area (Å²) in [5.74, 6) is -6.05. The molecule has 0 aliphatic carbocycles. The third-order valence-electron chi connectivity index (χ3n) is 5.61. The van der Waals surface area contributed by atoms with Gasteiger partial charge in [-0.1, -0.05) is 60.7 Å². The molecule has 1 saturated heterocycles. The summed E-state index contributed by atoms with van der Waals surface area (Å²) >= 11 is 0. The molecule has 0 radical (unpaired) electrons. The van der Waals surface area contributed by atoms with Crippen LogP contribution >= 0.6 is 0 Å². The second-order valence-corrected chi connectivity index (χ2v) is 7.80. The second-order valence-electron chi connectivity index (χ2n) is 7.80. The van der Waals surface area contributed by atoms with Crippen LogP contribution in [-0.4, -0.2) is 51.7 Å². The molecule has 1 fully saturated rings. The summed E-state index contributed by atoms with van der Waals surface area (Å²) in [6.07, 6.45) is -0.806. The monoisotopic (exact) mass is 439 g/mol. The largest absolute Gasteiger partial charge is 0.481 e. The minimum Gasteiger partial charge on any atom is -0.481 e. The Labute approximate surface area is 185 Å². The van der Waals surface area contributed by atoms with Gasteiger partial charge in [0.2, 0.25) is 5.91 Å². The van der Waals surface area contributed by atoms with Gasteiger partial charge in [0.05, 0.1) is 24.3 Å². The van der Waals surface area contributed by atoms with E-state index >= 15 is 0 Å². The summed E-state index contributed by atoms with van der Waals surface area (Å²) < 4.78 is 5.07. The summed E-state index contributed by atoms with van der Waals surface area (Å²) in [4.78, 5) is 50.2. The minimum absolute atomic E-state index is 0.0268. The number of hydrogen-bond acceptors (Lipinski definition) is 5. The molecule has 0 saturated carbocycles. The van der Waals surface area contributed by atoms with Crippen molar-refractivity contribution >= 4 is 23.9 Å². The Morgan fingerprint density at radius 3 is 2.09 bits per heavy atom. The summed E-state index contributed by atoms with van der Waals surface area (Å²) in [5, 5.41) is 19.2. The van der Waals surface area contributed by atoms with Crippen LogP contribution in [0.3, 0.4) is 0 Å². The highest BCUT2D eigenvalue weighted by molar-refractivity contribution is 5.98. The number of carbonyl (C=O) groups is 4. The molecule has 2 N–H and O–H groups in total. The van der Waals surface area contributed by atoms with Gasteiger partial charge in [-0.3, -0.25) is 14.4 Å². The molecular formula is C24H25NO7. The zero-order valence-electron chi connectivity index (χ0n) is 17.4. The number of hydrogen-bond donors (Lipinski definition) is 2. The molecule has 1 heterocycles. The van der Waals surface area contributed by atoms with Crippen molar-refractivity contribution in [3.8, 4) is 0 Å². The van der Waals surface area contributed by atoms with Crippen LogP contribution in [0.25, 0.3) is 0 Å². The molecule has 32 heavy (non-hydrogen) atoms. The van der Waals surface area contributed by atoms with Crippen molar-refractivity contribution in [3.05, 3.63) is 71.8 Å². The van der Waals surface area contributed by atoms with Gasteiger partial charge < -0.3 is 14.9 Å². The Kier molecular flexibility index (Phi) is 7.59. The van der Waals surface area contributed by atoms with Crippen LogP contribution in [0.2, 0.25) is 0 Å². The fourth-order valence-electron chi connectivity index (χ4n) is 4.00. The lowest BCUT2D eigenvalue weighted by Crippen LogP contribution is -2.47. The predicted octanol–water partition coefficient (Wildman–Crippen LogP) is 3.00. The SMILES string of the molecule is O=C(O)CC(C(=O)N1C(=O)OCC1Cc1ccccc1)C(CCc1ccccc1)C(=O)O. The molecular weight excluding hydrogens is 414 g/mol. The molecule has 3 atom stereocenters. The average molecular weight is 439 g/mol. The van der Waals surface area contributed by atoms with Crippen molar-refractivity contribution in [2.24, 2.45) is 11.8 Å². The van der Waals surface area contributed by atoms with E-state index in [0.717, 1.165) is 16.0 Å². The third kappa shape index (κ3) is 5.72. The van der Waals surface area contributed by atoms with Gasteiger partial charge in [-0.2, -0.15) is 0 Å². The highest BCUT2D eigenvalue weighted by Crippen LogP contribution is 2.28. The highest BCUT2D eigenvalue weighted by atomic mass is 16.6. The quantitative estimate of drug-likeness (QED) is 0.584. The lowest BCUT2D eigenvalue weighted by atomic mass is 9.83. The van der Waals surface area contributed by atoms with E-state index < -0.39 is 48.2 Å². The van der Waals surface area contributed by atoms with Crippen molar-refractivity contribution in [1.29, 1.82) is 0 Å². The molecule has 0 bridgehead atoms. The molecule has 168 valence electrons. The maximum absolute atomic E-state index is 13.3. The fourth-order valence-corrected chi connectivity index (χ4v) is 4.00. The Morgan fingerprint density at radius 1 is 0.938 bits per heavy atom. The molecule has 2 aromatic carbocycles. The number of aliphatic carboxylic acids is 2. The molecule has 8 nitrogen and oxygen atoms in total. The van der Waals surface area contributed by atoms with E-state index in [0.29, 0.717) is 12.8 Å². The first kappa shape index (κ1) is 23.0. The Bertz CT molecular complexity index is 961. The van der Waals surface area contributed by atoms with Gasteiger partial charge in [0, 0.05) is 0 Å². The maximum Gasteiger partial charge on any atom is 0.416 e. The van der Waals surface area contributed by atoms with Crippen LogP contribution in [0, 0.1) is 11.8 Å². The number of benzene rings is 2. The van der Waals surface area contributed by atoms with Gasteiger partial charge in [-0.25, -0.2) is 9.69 Å². The van der Waals surface area contributed by atoms with Gasteiger partial charge in [0.25, 0.3) is 0 Å². The lowest BCUT2D eigenvalue weighted by molar-refractivity contribution is -0.153. The number of rotatable bonds is 10. The van der Waals surface area contributed by atoms with Gasteiger partial charge >= 0.3 is 18.0 Å². The van der Waals surface area contributed by atoms with Crippen LogP contribution in [-0.2, 0) is 32.0 Å². The second kappa shape index (κ2) is 10.6. The van der Waals surface area contributed by atoms with E-state index in [4.69, 9.17) is 4.74 Å². The topological polar surface area (TPSA) is 121 Å². The summed E-state index contributed by atoms with van der Waals surface area (Å²) in [5.41, 5.74) is 1.75. The molecule has 3 unspecified atom stereocenters. The molecule has 1 aliphatic rings. The van der Waals surface area contributed by atoms with Gasteiger partial charge in [-0.05, 0) is 30.4 Å². The normalized spacial score (nSPS) is 17.4. The van der Waals surface area contributed by atoms with E-state index in [1.165, 1.54) is 0 Å². The minimum atomic E-state index is -1.39. The summed E-state index contributed by atoms with van der Waals surface area (Å²) in [6.45, 7) is -0.0268. The molecule has 0 aromatic heterocycles. The average Bonchev–Trinajstić information content (AvgIpc) is 3.13. The molecule has 0 spiro atoms. The van der Waals surface area contributed by atoms with Crippen molar-refractivity contribution in [2.75, 3.05) is 6.61 Å². The van der Waals surface area contributed by atoms with Crippen molar-refractivity contribution < 1.29 is 34.1 Å². The number of carboxylic acids is 2. The number of carboxylic acid groups (broad SMARTS) is 2. The first-order valence-electron chi connectivity index (χ1n) is 10.4. The van der Waals surface area contributed by atoms with Crippen LogP contribution in [0.4, 0.5) is 4.79 Å². The molecule has 1 aliphatic heterocycles. The summed E-state index contributed by atoms with van der Waals surface area (Å²) in [7, 11) is 0. The predicted molar refractivity (Wildman–Crippen MR) is 114 cm³/mol. The maximum atomic E-state index is 13.3. The van der Waals surface area contributed by atoms with Crippen molar-refractivity contribution in [2.45, 2.75) is 31.7 Å². The first-order chi connectivity index (χ1) is 15.4. The molecule has 2 aromatic rings. The van der Waals surface area contributed by atoms with Crippen molar-refractivity contribution in [1.82, 2.24) is 4.90 Å². The fraction of sp³-hybridized carbons (Fsp3) is 0.333. The van der Waals surface area contributed by atoms with E-state index in [2.05, 4.69) is 0 Å². The number of cyclic esters (lactones) is 1. The number of aryl methyl sites for hydroxylation is 1. The van der Waals surface area contributed by atoms with Crippen LogP contribution in [0.1, 0.15) is 24.0 Å². The van der Waals surface area contributed by atoms with Crippen molar-refractivity contribution in [3.63, 3.8) is 0 Å². The van der Waals surface area contributed by atoms with E-state index in [1.54, 1.807) is 0 Å². The zero-order valence-corrected chi connectivity index (χ0v) is 17.4. The van der Waals surface area contributed by atoms with Gasteiger partial charge in [0.15, 0.2) is 0 Å². The van der Waals surface area contributed by atoms with E-state index in [1.807, 2.05) is 60.7 Å². The third-order valence-corrected chi connectivity index (χ3v) is 5.61. The smallest absolute Gasteiger partial charge is 0.416 e. The van der Waals surface area contributed by atoms with Gasteiger partial charge in [-0.15, -0.1) is 0 Å². The first-order valence-corrected chi connectivity index (χ1v) is 10.4. The number of imide groups is 1. The van der Waals surface area contributed by atoms with Gasteiger partial charge in [0.1, 0.15) is 6.61 Å². The van der Waals surface area contributed by atoms with E-state index in [9.17, 15) is 29.4 Å². The molecule has 2 amide bonds. The van der Waals surface area contributed by atoms with Crippen LogP contribution in [0.15, 0.2) is 60.7 Å². The standard InChI is InChI=1S/C24H25NO7/c26-21(27)14-20(19(23(29)30)12-11-16-7-3-1-4-8-16)22(28)25-18(15-32-24(25)31)13-17-9-5-2-6-10-17/h1-10,18-20H,11-15H2,(H,26,27)(H,29,30). The number of amides is 2. The molecule has 8 heteroatoms. The number of carbonyl (C=O) groups excluding carboxylic acids is 2. The lowest BCUT2D eigenvalue weighted by Gasteiger charge is -2.27. The van der Waals surface area contributed by atoms with Crippen LogP contribution in [0.5, 0.6) is 0 Å². The Hall–Kier alpha value is -3.68.